The maximum absolute atomic E-state index is 12.4. The molecule has 0 aromatic carbocycles. The first-order valence-electron chi connectivity index (χ1n) is 4.21. The molecule has 1 aromatic rings. The van der Waals surface area contributed by atoms with E-state index >= 15 is 0 Å². The highest BCUT2D eigenvalue weighted by Gasteiger charge is 2.37. The average Bonchev–Trinajstić information content (AvgIpc) is 2.25. The highest BCUT2D eigenvalue weighted by molar-refractivity contribution is 5.38. The molecule has 0 saturated heterocycles. The van der Waals surface area contributed by atoms with Gasteiger partial charge in [-0.05, 0) is 6.07 Å². The lowest BCUT2D eigenvalue weighted by Crippen LogP contribution is -2.14. The molecule has 0 saturated carbocycles. The lowest BCUT2D eigenvalue weighted by molar-refractivity contribution is -0.140. The minimum atomic E-state index is -5.02. The third-order valence-corrected chi connectivity index (χ3v) is 1.92. The Balaban J connectivity index is 3.53. The maximum atomic E-state index is 12.4. The van der Waals surface area contributed by atoms with Crippen molar-refractivity contribution in [2.75, 3.05) is 0 Å². The number of nitrogens with zero attached hydrogens (tertiary/aromatic N) is 2. The number of pyridine rings is 1. The van der Waals surface area contributed by atoms with Gasteiger partial charge in [-0.1, -0.05) is 0 Å². The van der Waals surface area contributed by atoms with Crippen LogP contribution in [-0.4, -0.2) is 10.1 Å². The van der Waals surface area contributed by atoms with E-state index in [4.69, 9.17) is 10.4 Å². The molecule has 8 heteroatoms. The summed E-state index contributed by atoms with van der Waals surface area (Å²) in [5.41, 5.74) is -4.23. The average molecular weight is 252 g/mol. The summed E-state index contributed by atoms with van der Waals surface area (Å²) in [6, 6.07) is 1.66. The summed E-state index contributed by atoms with van der Waals surface area (Å²) < 4.78 is 62.0. The monoisotopic (exact) mass is 252 g/mol. The van der Waals surface area contributed by atoms with Gasteiger partial charge in [-0.3, -0.25) is 0 Å². The summed E-state index contributed by atoms with van der Waals surface area (Å²) in [6.07, 6.45) is -8.47. The van der Waals surface area contributed by atoms with Gasteiger partial charge < -0.3 is 5.11 Å². The first-order chi connectivity index (χ1) is 7.81. The molecule has 1 aromatic heterocycles. The van der Waals surface area contributed by atoms with Crippen molar-refractivity contribution in [3.8, 4) is 6.07 Å². The zero-order valence-electron chi connectivity index (χ0n) is 8.09. The van der Waals surface area contributed by atoms with Crippen LogP contribution in [0.15, 0.2) is 6.07 Å². The molecule has 0 amide bonds. The van der Waals surface area contributed by atoms with E-state index < -0.39 is 41.7 Å². The molecule has 3 nitrogen and oxygen atoms in total. The third-order valence-electron chi connectivity index (χ3n) is 1.92. The first-order valence-corrected chi connectivity index (χ1v) is 4.21. The lowest BCUT2D eigenvalue weighted by atomic mass is 10.1. The summed E-state index contributed by atoms with van der Waals surface area (Å²) in [5, 5.41) is 17.2. The molecule has 0 aliphatic carbocycles. The summed E-state index contributed by atoms with van der Waals surface area (Å²) in [4.78, 5) is 2.94. The van der Waals surface area contributed by atoms with E-state index in [1.807, 2.05) is 0 Å². The topological polar surface area (TPSA) is 56.9 Å². The molecule has 1 heterocycles. The number of halogens is 5. The van der Waals surface area contributed by atoms with Gasteiger partial charge in [0.15, 0.2) is 0 Å². The van der Waals surface area contributed by atoms with Crippen LogP contribution in [0.4, 0.5) is 22.0 Å². The number of aliphatic hydroxyl groups is 1. The Morgan fingerprint density at radius 3 is 2.35 bits per heavy atom. The fourth-order valence-electron chi connectivity index (χ4n) is 1.18. The van der Waals surface area contributed by atoms with E-state index in [9.17, 15) is 22.0 Å². The number of hydrogen-bond acceptors (Lipinski definition) is 3. The maximum Gasteiger partial charge on any atom is 0.418 e. The lowest BCUT2D eigenvalue weighted by Gasteiger charge is -2.13. The van der Waals surface area contributed by atoms with Crippen molar-refractivity contribution in [1.82, 2.24) is 4.98 Å². The van der Waals surface area contributed by atoms with Gasteiger partial charge in [0.1, 0.15) is 17.5 Å². The molecule has 0 aliphatic heterocycles. The Morgan fingerprint density at radius 2 is 2.00 bits per heavy atom. The van der Waals surface area contributed by atoms with Crippen LogP contribution in [0.3, 0.4) is 0 Å². The van der Waals surface area contributed by atoms with Crippen LogP contribution >= 0.6 is 0 Å². The van der Waals surface area contributed by atoms with E-state index in [-0.39, 0.29) is 0 Å². The number of rotatable bonds is 2. The van der Waals surface area contributed by atoms with Crippen LogP contribution in [0.5, 0.6) is 0 Å². The summed E-state index contributed by atoms with van der Waals surface area (Å²) >= 11 is 0. The fourth-order valence-corrected chi connectivity index (χ4v) is 1.18. The minimum Gasteiger partial charge on any atom is -0.392 e. The second-order valence-electron chi connectivity index (χ2n) is 3.00. The van der Waals surface area contributed by atoms with E-state index in [0.717, 1.165) is 0 Å². The van der Waals surface area contributed by atoms with Gasteiger partial charge in [-0.15, -0.1) is 0 Å². The number of nitriles is 1. The Hall–Kier alpha value is -1.75. The molecule has 0 radical (unpaired) electrons. The van der Waals surface area contributed by atoms with Gasteiger partial charge in [0.25, 0.3) is 6.43 Å². The van der Waals surface area contributed by atoms with Crippen LogP contribution in [-0.2, 0) is 12.8 Å². The molecule has 0 atom stereocenters. The van der Waals surface area contributed by atoms with E-state index in [1.165, 1.54) is 6.07 Å². The second-order valence-corrected chi connectivity index (χ2v) is 3.00. The van der Waals surface area contributed by atoms with Crippen LogP contribution in [0.2, 0.25) is 0 Å². The first kappa shape index (κ1) is 13.3. The zero-order valence-corrected chi connectivity index (χ0v) is 8.09. The highest BCUT2D eigenvalue weighted by Crippen LogP contribution is 2.36. The Morgan fingerprint density at radius 1 is 1.41 bits per heavy atom. The quantitative estimate of drug-likeness (QED) is 0.822. The predicted octanol–water partition coefficient (Wildman–Crippen LogP) is 2.40. The van der Waals surface area contributed by atoms with Crippen LogP contribution in [0.1, 0.15) is 28.9 Å². The minimum absolute atomic E-state index is 0.313. The summed E-state index contributed by atoms with van der Waals surface area (Å²) in [6.45, 7) is -0.886. The van der Waals surface area contributed by atoms with Gasteiger partial charge in [0.2, 0.25) is 0 Å². The smallest absolute Gasteiger partial charge is 0.392 e. The molecule has 1 rings (SSSR count). The van der Waals surface area contributed by atoms with Gasteiger partial charge in [-0.2, -0.15) is 18.4 Å². The van der Waals surface area contributed by atoms with Gasteiger partial charge in [-0.25, -0.2) is 13.8 Å². The summed E-state index contributed by atoms with van der Waals surface area (Å²) in [5.74, 6) is 0. The van der Waals surface area contributed by atoms with Gasteiger partial charge >= 0.3 is 6.18 Å². The van der Waals surface area contributed by atoms with E-state index in [2.05, 4.69) is 4.98 Å². The van der Waals surface area contributed by atoms with Crippen LogP contribution in [0.25, 0.3) is 0 Å². The molecule has 0 spiro atoms. The van der Waals surface area contributed by atoms with Crippen molar-refractivity contribution < 1.29 is 27.1 Å². The standard InChI is InChI=1S/C9H5F5N2O/c10-8(11)7-5(9(12,13)14)1-4(3-17)6(2-15)16-7/h1,8,17H,3H2. The molecular weight excluding hydrogens is 247 g/mol. The van der Waals surface area contributed by atoms with E-state index in [1.54, 1.807) is 0 Å². The molecular formula is C9H5F5N2O. The number of aromatic nitrogens is 1. The Kier molecular flexibility index (Phi) is 3.63. The number of hydrogen-bond donors (Lipinski definition) is 1. The second kappa shape index (κ2) is 4.63. The SMILES string of the molecule is N#Cc1nc(C(F)F)c(C(F)(F)F)cc1CO. The normalized spacial score (nSPS) is 11.6. The van der Waals surface area contributed by atoms with Crippen molar-refractivity contribution in [3.05, 3.63) is 28.6 Å². The molecule has 0 unspecified atom stereocenters. The molecule has 0 bridgehead atoms. The molecule has 0 aliphatic rings. The molecule has 1 N–H and O–H groups in total. The van der Waals surface area contributed by atoms with Crippen molar-refractivity contribution >= 4 is 0 Å². The van der Waals surface area contributed by atoms with Gasteiger partial charge in [0.05, 0.1) is 12.2 Å². The largest absolute Gasteiger partial charge is 0.418 e. The van der Waals surface area contributed by atoms with Crippen LogP contribution in [0, 0.1) is 11.3 Å². The van der Waals surface area contributed by atoms with Crippen molar-refractivity contribution in [2.24, 2.45) is 0 Å². The van der Waals surface area contributed by atoms with Crippen LogP contribution < -0.4 is 0 Å². The van der Waals surface area contributed by atoms with Crippen molar-refractivity contribution in [1.29, 1.82) is 5.26 Å². The molecule has 17 heavy (non-hydrogen) atoms. The molecule has 92 valence electrons. The van der Waals surface area contributed by atoms with Gasteiger partial charge in [0, 0.05) is 5.56 Å². The summed E-state index contributed by atoms with van der Waals surface area (Å²) in [7, 11) is 0. The third kappa shape index (κ3) is 2.68. The number of aliphatic hydroxyl groups excluding tert-OH is 1. The molecule has 0 fully saturated rings. The number of alkyl halides is 5. The zero-order chi connectivity index (χ0) is 13.2. The fraction of sp³-hybridized carbons (Fsp3) is 0.333. The van der Waals surface area contributed by atoms with Crippen molar-refractivity contribution in [3.63, 3.8) is 0 Å². The highest BCUT2D eigenvalue weighted by atomic mass is 19.4. The Labute approximate surface area is 92.1 Å². The predicted molar refractivity (Wildman–Crippen MR) is 44.8 cm³/mol. The van der Waals surface area contributed by atoms with E-state index in [0.29, 0.717) is 6.07 Å². The van der Waals surface area contributed by atoms with Crippen molar-refractivity contribution in [2.45, 2.75) is 19.2 Å². The Bertz CT molecular complexity index is 464.